The van der Waals surface area contributed by atoms with Gasteiger partial charge < -0.3 is 15.0 Å². The number of thioether (sulfide) groups is 1. The highest BCUT2D eigenvalue weighted by Gasteiger charge is 2.13. The van der Waals surface area contributed by atoms with Gasteiger partial charge in [0.25, 0.3) is 5.91 Å². The Morgan fingerprint density at radius 2 is 2.04 bits per heavy atom. The first-order valence-corrected chi connectivity index (χ1v) is 10.9. The van der Waals surface area contributed by atoms with Gasteiger partial charge in [-0.15, -0.1) is 11.8 Å². The predicted molar refractivity (Wildman–Crippen MR) is 115 cm³/mol. The zero-order valence-electron chi connectivity index (χ0n) is 16.8. The van der Waals surface area contributed by atoms with Crippen molar-refractivity contribution in [1.82, 2.24) is 10.3 Å². The van der Waals surface area contributed by atoms with Crippen molar-refractivity contribution >= 4 is 39.6 Å². The molecular weight excluding hydrogens is 374 g/mol. The first-order valence-electron chi connectivity index (χ1n) is 9.66. The maximum absolute atomic E-state index is 12.3. The van der Waals surface area contributed by atoms with E-state index >= 15 is 0 Å². The fourth-order valence-electron chi connectivity index (χ4n) is 2.97. The van der Waals surface area contributed by atoms with Crippen molar-refractivity contribution in [3.63, 3.8) is 0 Å². The van der Waals surface area contributed by atoms with Crippen LogP contribution in [0.2, 0.25) is 0 Å². The van der Waals surface area contributed by atoms with Crippen LogP contribution in [0.1, 0.15) is 55.6 Å². The Labute approximate surface area is 170 Å². The largest absolute Gasteiger partial charge is 0.466 e. The van der Waals surface area contributed by atoms with E-state index in [1.165, 1.54) is 11.8 Å². The van der Waals surface area contributed by atoms with E-state index in [0.29, 0.717) is 23.9 Å². The molecule has 3 N–H and O–H groups in total. The van der Waals surface area contributed by atoms with E-state index in [1.807, 2.05) is 44.4 Å². The number of hydrogen-bond acceptors (Lipinski definition) is 5. The summed E-state index contributed by atoms with van der Waals surface area (Å²) >= 11 is 1.39. The molecule has 0 saturated carbocycles. The third kappa shape index (κ3) is 6.12. The Morgan fingerprint density at radius 3 is 2.75 bits per heavy atom. The van der Waals surface area contributed by atoms with Crippen molar-refractivity contribution in [3.05, 3.63) is 35.5 Å². The van der Waals surface area contributed by atoms with Crippen molar-refractivity contribution < 1.29 is 14.3 Å². The van der Waals surface area contributed by atoms with Gasteiger partial charge in [0.1, 0.15) is 5.69 Å². The zero-order chi connectivity index (χ0) is 20.5. The number of nitrogens with one attached hydrogen (secondary N) is 3. The van der Waals surface area contributed by atoms with Gasteiger partial charge in [0.15, 0.2) is 0 Å². The summed E-state index contributed by atoms with van der Waals surface area (Å²) in [5, 5.41) is 12.3. The summed E-state index contributed by atoms with van der Waals surface area (Å²) in [6, 6.07) is 7.53. The number of rotatable bonds is 10. The Bertz CT molecular complexity index is 831. The van der Waals surface area contributed by atoms with Crippen LogP contribution in [0.4, 0.5) is 0 Å². The molecule has 7 heteroatoms. The summed E-state index contributed by atoms with van der Waals surface area (Å²) in [5.74, 6) is -0.332. The second-order valence-corrected chi connectivity index (χ2v) is 7.59. The average molecular weight is 404 g/mol. The van der Waals surface area contributed by atoms with Crippen molar-refractivity contribution in [3.8, 4) is 0 Å². The molecule has 1 heterocycles. The lowest BCUT2D eigenvalue weighted by Gasteiger charge is -2.10. The minimum Gasteiger partial charge on any atom is -0.466 e. The molecule has 1 amide bonds. The van der Waals surface area contributed by atoms with Crippen LogP contribution in [0.15, 0.2) is 24.3 Å². The molecule has 2 aromatic rings. The normalized spacial score (nSPS) is 12.0. The van der Waals surface area contributed by atoms with Crippen molar-refractivity contribution in [1.29, 1.82) is 5.41 Å². The minimum absolute atomic E-state index is 0.0710. The lowest BCUT2D eigenvalue weighted by Crippen LogP contribution is -2.24. The number of amides is 1. The SMILES string of the molecule is CCOC(=O)C(C)CCCCCNC(=O)c1cc2cc(C(=N)SC)ccc2[nH]1. The van der Waals surface area contributed by atoms with E-state index < -0.39 is 0 Å². The molecule has 152 valence electrons. The molecule has 1 unspecified atom stereocenters. The Kier molecular flexibility index (Phi) is 8.57. The standard InChI is InChI=1S/C21H29N3O3S/c1-4-27-21(26)14(2)8-6-5-7-11-23-20(25)18-13-16-12-15(19(22)28-3)9-10-17(16)24-18/h9-10,12-14,22,24H,4-8,11H2,1-3H3,(H,23,25). The summed E-state index contributed by atoms with van der Waals surface area (Å²) in [6.45, 7) is 4.73. The number of fused-ring (bicyclic) bond motifs is 1. The van der Waals surface area contributed by atoms with Crippen LogP contribution in [-0.2, 0) is 9.53 Å². The number of hydrogen-bond donors (Lipinski definition) is 3. The van der Waals surface area contributed by atoms with Crippen molar-refractivity contribution in [2.24, 2.45) is 5.92 Å². The molecule has 0 fully saturated rings. The maximum atomic E-state index is 12.3. The number of carbonyl (C=O) groups is 2. The van der Waals surface area contributed by atoms with Crippen LogP contribution >= 0.6 is 11.8 Å². The number of unbranched alkanes of at least 4 members (excludes halogenated alkanes) is 2. The topological polar surface area (TPSA) is 95.0 Å². The van der Waals surface area contributed by atoms with Gasteiger partial charge in [-0.2, -0.15) is 0 Å². The number of H-pyrrole nitrogens is 1. The summed E-state index contributed by atoms with van der Waals surface area (Å²) in [4.78, 5) is 27.0. The molecule has 0 spiro atoms. The van der Waals surface area contributed by atoms with Crippen LogP contribution in [0.25, 0.3) is 10.9 Å². The molecule has 1 aromatic carbocycles. The van der Waals surface area contributed by atoms with Crippen LogP contribution in [0, 0.1) is 11.3 Å². The van der Waals surface area contributed by atoms with Gasteiger partial charge in [-0.05, 0) is 44.2 Å². The van der Waals surface area contributed by atoms with Crippen LogP contribution in [0.3, 0.4) is 0 Å². The van der Waals surface area contributed by atoms with Gasteiger partial charge in [0, 0.05) is 23.0 Å². The average Bonchev–Trinajstić information content (AvgIpc) is 3.13. The molecule has 0 aliphatic rings. The number of benzene rings is 1. The monoisotopic (exact) mass is 403 g/mol. The van der Waals surface area contributed by atoms with Gasteiger partial charge in [0.2, 0.25) is 0 Å². The highest BCUT2D eigenvalue weighted by molar-refractivity contribution is 8.13. The molecule has 1 atom stereocenters. The van der Waals surface area contributed by atoms with E-state index in [1.54, 1.807) is 0 Å². The van der Waals surface area contributed by atoms with E-state index in [9.17, 15) is 9.59 Å². The third-order valence-corrected chi connectivity index (χ3v) is 5.26. The maximum Gasteiger partial charge on any atom is 0.308 e. The Balaban J connectivity index is 1.76. The van der Waals surface area contributed by atoms with Gasteiger partial charge >= 0.3 is 5.97 Å². The highest BCUT2D eigenvalue weighted by atomic mass is 32.2. The van der Waals surface area contributed by atoms with Crippen molar-refractivity contribution in [2.75, 3.05) is 19.4 Å². The predicted octanol–water partition coefficient (Wildman–Crippen LogP) is 4.35. The summed E-state index contributed by atoms with van der Waals surface area (Å²) in [7, 11) is 0. The van der Waals surface area contributed by atoms with Gasteiger partial charge in [0.05, 0.1) is 17.6 Å². The van der Waals surface area contributed by atoms with Gasteiger partial charge in [-0.1, -0.05) is 25.8 Å². The minimum atomic E-state index is -0.134. The fraction of sp³-hybridized carbons (Fsp3) is 0.476. The number of carbonyl (C=O) groups excluding carboxylic acids is 2. The second-order valence-electron chi connectivity index (χ2n) is 6.78. The summed E-state index contributed by atoms with van der Waals surface area (Å²) in [6.07, 6.45) is 5.45. The second kappa shape index (κ2) is 10.9. The Hall–Kier alpha value is -2.28. The van der Waals surface area contributed by atoms with Crippen LogP contribution < -0.4 is 5.32 Å². The quantitative estimate of drug-likeness (QED) is 0.238. The van der Waals surface area contributed by atoms with E-state index in [4.69, 9.17) is 10.1 Å². The lowest BCUT2D eigenvalue weighted by atomic mass is 10.0. The molecule has 0 aliphatic heterocycles. The fourth-order valence-corrected chi connectivity index (χ4v) is 3.33. The molecule has 0 saturated heterocycles. The summed E-state index contributed by atoms with van der Waals surface area (Å²) in [5.41, 5.74) is 2.26. The Morgan fingerprint density at radius 1 is 1.25 bits per heavy atom. The molecule has 0 radical (unpaired) electrons. The third-order valence-electron chi connectivity index (χ3n) is 4.62. The molecule has 6 nitrogen and oxygen atoms in total. The van der Waals surface area contributed by atoms with Gasteiger partial charge in [-0.25, -0.2) is 0 Å². The summed E-state index contributed by atoms with van der Waals surface area (Å²) < 4.78 is 5.00. The van der Waals surface area contributed by atoms with E-state index in [2.05, 4.69) is 10.3 Å². The number of esters is 1. The number of aromatic nitrogens is 1. The lowest BCUT2D eigenvalue weighted by molar-refractivity contribution is -0.147. The molecule has 2 rings (SSSR count). The molecule has 0 aliphatic carbocycles. The van der Waals surface area contributed by atoms with Crippen LogP contribution in [0.5, 0.6) is 0 Å². The number of aromatic amines is 1. The first-order chi connectivity index (χ1) is 13.5. The van der Waals surface area contributed by atoms with E-state index in [-0.39, 0.29) is 17.8 Å². The van der Waals surface area contributed by atoms with Crippen molar-refractivity contribution in [2.45, 2.75) is 39.5 Å². The zero-order valence-corrected chi connectivity index (χ0v) is 17.6. The molecule has 1 aromatic heterocycles. The van der Waals surface area contributed by atoms with Crippen LogP contribution in [-0.4, -0.2) is 41.3 Å². The van der Waals surface area contributed by atoms with E-state index in [0.717, 1.165) is 42.1 Å². The first kappa shape index (κ1) is 22.0. The molecular formula is C21H29N3O3S. The van der Waals surface area contributed by atoms with Gasteiger partial charge in [-0.3, -0.25) is 15.0 Å². The molecule has 28 heavy (non-hydrogen) atoms. The molecule has 0 bridgehead atoms. The number of ether oxygens (including phenoxy) is 1. The smallest absolute Gasteiger partial charge is 0.308 e. The highest BCUT2D eigenvalue weighted by Crippen LogP contribution is 2.20.